The maximum atomic E-state index is 16.0. The third-order valence-corrected chi connectivity index (χ3v) is 16.3. The van der Waals surface area contributed by atoms with Crippen LogP contribution in [0.25, 0.3) is 33.4 Å². The summed E-state index contributed by atoms with van der Waals surface area (Å²) >= 11 is 0. The zero-order chi connectivity index (χ0) is 36.8. The molecule has 2 heteroatoms. The predicted molar refractivity (Wildman–Crippen MR) is 227 cm³/mol. The van der Waals surface area contributed by atoms with E-state index < -0.39 is 18.0 Å². The minimum absolute atomic E-state index is 0.407. The average Bonchev–Trinajstić information content (AvgIpc) is 3.88. The number of benzene rings is 8. The topological polar surface area (TPSA) is 17.1 Å². The van der Waals surface area contributed by atoms with E-state index in [0.717, 1.165) is 15.9 Å². The molecule has 0 fully saturated rings. The van der Waals surface area contributed by atoms with Crippen LogP contribution < -0.4 is 15.9 Å². The van der Waals surface area contributed by atoms with E-state index in [-0.39, 0.29) is 0 Å². The predicted octanol–water partition coefficient (Wildman–Crippen LogP) is 11.3. The molecule has 12 rings (SSSR count). The zero-order valence-corrected chi connectivity index (χ0v) is 31.9. The standard InChI is InChI=1S/C53H37OP/c1-32-22-24-40-41-25-23-37(55(54,35-14-6-4-7-15-35)36-16-8-5-9-17-36)31-45(41)53(44(40)26-32)48-29-33(2)27-46-50(48)51-47(28-34(3)30-49(51)53)52(46)42-20-12-10-18-38(42)39-19-11-13-21-43(39)52/h4-31H,1-3H3. The van der Waals surface area contributed by atoms with Crippen LogP contribution in [-0.2, 0) is 15.4 Å². The second-order valence-electron chi connectivity index (χ2n) is 16.1. The Balaban J connectivity index is 1.23. The number of aryl methyl sites for hydroxylation is 3. The summed E-state index contributed by atoms with van der Waals surface area (Å²) in [7, 11) is -3.25. The van der Waals surface area contributed by atoms with Gasteiger partial charge < -0.3 is 4.57 Å². The molecule has 1 nitrogen and oxygen atoms in total. The maximum absolute atomic E-state index is 16.0. The van der Waals surface area contributed by atoms with Crippen LogP contribution in [0, 0.1) is 20.8 Å². The highest BCUT2D eigenvalue weighted by Crippen LogP contribution is 2.72. The van der Waals surface area contributed by atoms with Gasteiger partial charge in [-0.05, 0) is 105 Å². The molecule has 0 unspecified atom stereocenters. The van der Waals surface area contributed by atoms with Crippen molar-refractivity contribution >= 4 is 23.1 Å². The Morgan fingerprint density at radius 3 is 1.22 bits per heavy atom. The lowest BCUT2D eigenvalue weighted by Gasteiger charge is -2.37. The molecule has 0 bridgehead atoms. The fourth-order valence-corrected chi connectivity index (χ4v) is 14.0. The molecule has 4 aliphatic rings. The Morgan fingerprint density at radius 2 is 0.709 bits per heavy atom. The summed E-state index contributed by atoms with van der Waals surface area (Å²) in [6, 6.07) is 62.1. The molecule has 0 saturated heterocycles. The summed E-state index contributed by atoms with van der Waals surface area (Å²) in [4.78, 5) is 0. The van der Waals surface area contributed by atoms with Gasteiger partial charge in [0, 0.05) is 15.9 Å². The Kier molecular flexibility index (Phi) is 6.04. The van der Waals surface area contributed by atoms with Gasteiger partial charge in [-0.15, -0.1) is 0 Å². The van der Waals surface area contributed by atoms with E-state index in [1.54, 1.807) is 0 Å². The molecule has 0 aromatic heterocycles. The van der Waals surface area contributed by atoms with Crippen molar-refractivity contribution in [2.45, 2.75) is 31.6 Å². The fraction of sp³-hybridized carbons (Fsp3) is 0.0943. The van der Waals surface area contributed by atoms with Crippen molar-refractivity contribution in [1.29, 1.82) is 0 Å². The van der Waals surface area contributed by atoms with Gasteiger partial charge in [0.15, 0.2) is 7.14 Å². The molecule has 55 heavy (non-hydrogen) atoms. The molecule has 0 aliphatic heterocycles. The van der Waals surface area contributed by atoms with Gasteiger partial charge in [0.05, 0.1) is 10.8 Å². The lowest BCUT2D eigenvalue weighted by atomic mass is 9.64. The van der Waals surface area contributed by atoms with Gasteiger partial charge in [-0.3, -0.25) is 0 Å². The molecule has 0 atom stereocenters. The van der Waals surface area contributed by atoms with Gasteiger partial charge in [0.2, 0.25) is 0 Å². The molecule has 8 aromatic rings. The first-order valence-corrected chi connectivity index (χ1v) is 21.1. The van der Waals surface area contributed by atoms with Crippen LogP contribution in [-0.4, -0.2) is 0 Å². The van der Waals surface area contributed by atoms with Crippen molar-refractivity contribution in [3.63, 3.8) is 0 Å². The Hall–Kier alpha value is -6.01. The van der Waals surface area contributed by atoms with Crippen LogP contribution in [0.15, 0.2) is 170 Å². The van der Waals surface area contributed by atoms with Crippen LogP contribution in [0.1, 0.15) is 61.2 Å². The van der Waals surface area contributed by atoms with Gasteiger partial charge in [0.1, 0.15) is 0 Å². The second-order valence-corrected chi connectivity index (χ2v) is 18.9. The number of fused-ring (bicyclic) bond motifs is 14. The lowest BCUT2D eigenvalue weighted by molar-refractivity contribution is 0.592. The van der Waals surface area contributed by atoms with Crippen molar-refractivity contribution < 1.29 is 4.57 Å². The molecule has 4 aliphatic carbocycles. The van der Waals surface area contributed by atoms with Crippen molar-refractivity contribution in [1.82, 2.24) is 0 Å². The van der Waals surface area contributed by atoms with Gasteiger partial charge in [-0.2, -0.15) is 0 Å². The minimum Gasteiger partial charge on any atom is -0.309 e. The summed E-state index contributed by atoms with van der Waals surface area (Å²) in [6.45, 7) is 6.77. The molecule has 2 spiro atoms. The maximum Gasteiger partial charge on any atom is 0.171 e. The van der Waals surface area contributed by atoms with E-state index in [2.05, 4.69) is 130 Å². The van der Waals surface area contributed by atoms with Gasteiger partial charge in [0.25, 0.3) is 0 Å². The minimum atomic E-state index is -3.25. The molecule has 0 N–H and O–H groups in total. The molecule has 0 amide bonds. The summed E-state index contributed by atoms with van der Waals surface area (Å²) in [6.07, 6.45) is 0. The van der Waals surface area contributed by atoms with Gasteiger partial charge >= 0.3 is 0 Å². The summed E-state index contributed by atoms with van der Waals surface area (Å²) < 4.78 is 16.0. The van der Waals surface area contributed by atoms with Crippen molar-refractivity contribution in [2.75, 3.05) is 0 Å². The van der Waals surface area contributed by atoms with E-state index in [1.165, 1.54) is 94.6 Å². The summed E-state index contributed by atoms with van der Waals surface area (Å²) in [5.74, 6) is 0. The van der Waals surface area contributed by atoms with Gasteiger partial charge in [-0.1, -0.05) is 180 Å². The smallest absolute Gasteiger partial charge is 0.171 e. The largest absolute Gasteiger partial charge is 0.309 e. The highest BCUT2D eigenvalue weighted by molar-refractivity contribution is 7.85. The van der Waals surface area contributed by atoms with E-state index in [1.807, 2.05) is 60.7 Å². The van der Waals surface area contributed by atoms with Crippen molar-refractivity contribution in [3.8, 4) is 33.4 Å². The third kappa shape index (κ3) is 3.60. The quantitative estimate of drug-likeness (QED) is 0.166. The highest BCUT2D eigenvalue weighted by Gasteiger charge is 2.61. The molecule has 0 saturated carbocycles. The molecular formula is C53H37OP. The molecule has 0 radical (unpaired) electrons. The first-order valence-electron chi connectivity index (χ1n) is 19.4. The summed E-state index contributed by atoms with van der Waals surface area (Å²) in [5, 5.41) is 2.58. The van der Waals surface area contributed by atoms with E-state index in [4.69, 9.17) is 0 Å². The van der Waals surface area contributed by atoms with Gasteiger partial charge in [-0.25, -0.2) is 0 Å². The molecule has 0 heterocycles. The van der Waals surface area contributed by atoms with Crippen LogP contribution in [0.4, 0.5) is 0 Å². The third-order valence-electron chi connectivity index (χ3n) is 13.3. The number of hydrogen-bond acceptors (Lipinski definition) is 1. The van der Waals surface area contributed by atoms with Crippen LogP contribution in [0.5, 0.6) is 0 Å². The fourth-order valence-electron chi connectivity index (χ4n) is 11.3. The van der Waals surface area contributed by atoms with E-state index >= 15 is 4.57 Å². The Bertz CT molecular complexity index is 2890. The second kappa shape index (κ2) is 10.6. The highest BCUT2D eigenvalue weighted by atomic mass is 31.2. The SMILES string of the molecule is Cc1ccc2c(c1)C1(c3cc(P(=O)(c4ccccc4)c4ccccc4)ccc3-2)c2cc(C)cc3c2-c2c(cc(C)cc21)C31c2ccccc2-c2ccccc21. The first-order chi connectivity index (χ1) is 26.9. The Labute approximate surface area is 322 Å². The van der Waals surface area contributed by atoms with Crippen LogP contribution in [0.3, 0.4) is 0 Å². The normalized spacial score (nSPS) is 15.2. The molecular weight excluding hydrogens is 684 g/mol. The van der Waals surface area contributed by atoms with Crippen LogP contribution >= 0.6 is 7.14 Å². The first kappa shape index (κ1) is 31.4. The Morgan fingerprint density at radius 1 is 0.327 bits per heavy atom. The summed E-state index contributed by atoms with van der Waals surface area (Å²) in [5.41, 5.74) is 21.4. The number of rotatable bonds is 3. The average molecular weight is 721 g/mol. The van der Waals surface area contributed by atoms with Crippen molar-refractivity contribution in [2.24, 2.45) is 0 Å². The zero-order valence-electron chi connectivity index (χ0n) is 31.0. The molecule has 8 aromatic carbocycles. The van der Waals surface area contributed by atoms with Crippen LogP contribution in [0.2, 0.25) is 0 Å². The van der Waals surface area contributed by atoms with E-state index in [0.29, 0.717) is 0 Å². The monoisotopic (exact) mass is 720 g/mol. The molecule has 260 valence electrons. The number of hydrogen-bond donors (Lipinski definition) is 0. The van der Waals surface area contributed by atoms with Crippen molar-refractivity contribution in [3.05, 3.63) is 231 Å². The van der Waals surface area contributed by atoms with E-state index in [9.17, 15) is 0 Å². The lowest BCUT2D eigenvalue weighted by Crippen LogP contribution is -2.32.